The van der Waals surface area contributed by atoms with Crippen LogP contribution in [-0.2, 0) is 11.8 Å². The molecule has 1 amide bonds. The van der Waals surface area contributed by atoms with E-state index < -0.39 is 0 Å². The summed E-state index contributed by atoms with van der Waals surface area (Å²) < 4.78 is 11.2. The lowest BCUT2D eigenvalue weighted by Gasteiger charge is -2.23. The van der Waals surface area contributed by atoms with Crippen molar-refractivity contribution in [3.8, 4) is 5.82 Å². The highest BCUT2D eigenvalue weighted by atomic mass is 16.5. The van der Waals surface area contributed by atoms with Crippen LogP contribution in [0.4, 0.5) is 17.5 Å². The van der Waals surface area contributed by atoms with Crippen LogP contribution in [0.5, 0.6) is 0 Å². The second-order valence-corrected chi connectivity index (χ2v) is 9.68. The molecular formula is C28H26N10O2. The van der Waals surface area contributed by atoms with Gasteiger partial charge in [0.25, 0.3) is 5.91 Å². The molecule has 200 valence electrons. The number of anilines is 3. The summed E-state index contributed by atoms with van der Waals surface area (Å²) in [7, 11) is 1.75. The molecule has 0 spiro atoms. The van der Waals surface area contributed by atoms with Crippen LogP contribution < -0.4 is 10.6 Å². The number of para-hydroxylation sites is 1. The van der Waals surface area contributed by atoms with E-state index in [0.29, 0.717) is 17.2 Å². The average Bonchev–Trinajstić information content (AvgIpc) is 3.71. The first-order chi connectivity index (χ1) is 19.6. The van der Waals surface area contributed by atoms with E-state index in [0.717, 1.165) is 53.4 Å². The van der Waals surface area contributed by atoms with E-state index in [9.17, 15) is 4.79 Å². The quantitative estimate of drug-likeness (QED) is 0.317. The topological polar surface area (TPSA) is 130 Å². The molecule has 1 aliphatic heterocycles. The van der Waals surface area contributed by atoms with Gasteiger partial charge in [-0.15, -0.1) is 5.10 Å². The van der Waals surface area contributed by atoms with E-state index in [-0.39, 0.29) is 18.1 Å². The van der Waals surface area contributed by atoms with E-state index in [1.54, 1.807) is 34.9 Å². The number of rotatable bonds is 6. The fourth-order valence-corrected chi connectivity index (χ4v) is 4.99. The van der Waals surface area contributed by atoms with Crippen LogP contribution in [0.2, 0.25) is 0 Å². The molecule has 40 heavy (non-hydrogen) atoms. The Morgan fingerprint density at radius 1 is 1.05 bits per heavy atom. The Hall–Kier alpha value is -5.10. The maximum atomic E-state index is 12.6. The van der Waals surface area contributed by atoms with Gasteiger partial charge >= 0.3 is 0 Å². The van der Waals surface area contributed by atoms with Gasteiger partial charge in [-0.25, -0.2) is 14.3 Å². The van der Waals surface area contributed by atoms with Gasteiger partial charge in [-0.05, 0) is 49.6 Å². The monoisotopic (exact) mass is 534 g/mol. The van der Waals surface area contributed by atoms with E-state index in [1.807, 2.05) is 41.2 Å². The van der Waals surface area contributed by atoms with E-state index >= 15 is 0 Å². The molecule has 1 aliphatic rings. The number of hydrogen-bond donors (Lipinski definition) is 2. The number of hydrogen-bond acceptors (Lipinski definition) is 8. The lowest BCUT2D eigenvalue weighted by atomic mass is 10.2. The van der Waals surface area contributed by atoms with Crippen LogP contribution in [-0.4, -0.2) is 51.8 Å². The summed E-state index contributed by atoms with van der Waals surface area (Å²) in [5, 5.41) is 21.6. The van der Waals surface area contributed by atoms with Crippen molar-refractivity contribution in [2.45, 2.75) is 25.5 Å². The zero-order chi connectivity index (χ0) is 27.1. The molecule has 1 saturated heterocycles. The standard InChI is InChI=1S/C28H26N10O2/c1-36-17-19(16-30-36)27(39)34-28-29-12-11-24(33-28)37-23-7-3-2-6-21(23)26(35-37)32-20-9-10-22-18(14-20)15-31-38(22)25-8-4-5-13-40-25/h2-3,6-7,9-12,14-17,25H,4-5,8,13H2,1H3,(H,32,35)(H,29,33,34,39). The molecule has 0 radical (unpaired) electrons. The molecule has 2 N–H and O–H groups in total. The molecule has 1 fully saturated rings. The van der Waals surface area contributed by atoms with Crippen LogP contribution in [0.1, 0.15) is 35.8 Å². The zero-order valence-electron chi connectivity index (χ0n) is 21.7. The molecular weight excluding hydrogens is 508 g/mol. The number of benzene rings is 2. The van der Waals surface area contributed by atoms with Crippen LogP contribution in [0.15, 0.2) is 73.3 Å². The van der Waals surface area contributed by atoms with Gasteiger partial charge in [0.15, 0.2) is 17.9 Å². The maximum absolute atomic E-state index is 12.6. The summed E-state index contributed by atoms with van der Waals surface area (Å²) in [6, 6.07) is 15.8. The Kier molecular flexibility index (Phi) is 5.93. The Morgan fingerprint density at radius 3 is 2.83 bits per heavy atom. The van der Waals surface area contributed by atoms with Crippen molar-refractivity contribution in [2.24, 2.45) is 7.05 Å². The fraction of sp³-hybridized carbons (Fsp3) is 0.214. The number of aromatic nitrogens is 8. The normalized spacial score (nSPS) is 15.5. The molecule has 0 saturated carbocycles. The molecule has 12 nitrogen and oxygen atoms in total. The molecule has 5 heterocycles. The third-order valence-electron chi connectivity index (χ3n) is 6.92. The number of amides is 1. The second kappa shape index (κ2) is 9.89. The lowest BCUT2D eigenvalue weighted by Crippen LogP contribution is -2.18. The highest BCUT2D eigenvalue weighted by molar-refractivity contribution is 6.03. The van der Waals surface area contributed by atoms with Crippen molar-refractivity contribution in [3.05, 3.63) is 78.9 Å². The summed E-state index contributed by atoms with van der Waals surface area (Å²) in [5.41, 5.74) is 3.20. The first-order valence-corrected chi connectivity index (χ1v) is 13.1. The first kappa shape index (κ1) is 24.0. The van der Waals surface area contributed by atoms with Crippen LogP contribution in [0.25, 0.3) is 27.6 Å². The van der Waals surface area contributed by atoms with Gasteiger partial charge in [-0.2, -0.15) is 15.2 Å². The van der Waals surface area contributed by atoms with Crippen molar-refractivity contribution in [2.75, 3.05) is 17.2 Å². The highest BCUT2D eigenvalue weighted by Gasteiger charge is 2.19. The van der Waals surface area contributed by atoms with E-state index in [4.69, 9.17) is 9.84 Å². The maximum Gasteiger partial charge on any atom is 0.261 e. The predicted octanol–water partition coefficient (Wildman–Crippen LogP) is 4.59. The van der Waals surface area contributed by atoms with Gasteiger partial charge in [-0.1, -0.05) is 12.1 Å². The minimum Gasteiger partial charge on any atom is -0.356 e. The Labute approximate surface area is 228 Å². The summed E-state index contributed by atoms with van der Waals surface area (Å²) in [5.74, 6) is 1.03. The predicted molar refractivity (Wildman–Crippen MR) is 150 cm³/mol. The summed E-state index contributed by atoms with van der Waals surface area (Å²) in [6.07, 6.45) is 9.78. The summed E-state index contributed by atoms with van der Waals surface area (Å²) in [6.45, 7) is 0.770. The van der Waals surface area contributed by atoms with Crippen molar-refractivity contribution in [3.63, 3.8) is 0 Å². The van der Waals surface area contributed by atoms with Gasteiger partial charge < -0.3 is 10.1 Å². The minimum absolute atomic E-state index is 0.0170. The minimum atomic E-state index is -0.341. The summed E-state index contributed by atoms with van der Waals surface area (Å²) in [4.78, 5) is 21.4. The first-order valence-electron chi connectivity index (χ1n) is 13.1. The van der Waals surface area contributed by atoms with Crippen molar-refractivity contribution >= 4 is 45.2 Å². The highest BCUT2D eigenvalue weighted by Crippen LogP contribution is 2.31. The molecule has 2 aromatic carbocycles. The SMILES string of the molecule is Cn1cc(C(=O)Nc2nccc(-n3nc(Nc4ccc5c(cnn5C5CCCCO5)c4)c4ccccc43)n2)cn1. The van der Waals surface area contributed by atoms with Crippen LogP contribution >= 0.6 is 0 Å². The third kappa shape index (κ3) is 4.43. The van der Waals surface area contributed by atoms with E-state index in [2.05, 4.69) is 42.9 Å². The third-order valence-corrected chi connectivity index (χ3v) is 6.92. The number of carbonyl (C=O) groups excluding carboxylic acids is 1. The van der Waals surface area contributed by atoms with Crippen molar-refractivity contribution in [1.82, 2.24) is 39.3 Å². The Morgan fingerprint density at radius 2 is 1.98 bits per heavy atom. The number of nitrogens with zero attached hydrogens (tertiary/aromatic N) is 8. The molecule has 1 atom stereocenters. The molecule has 7 rings (SSSR count). The van der Waals surface area contributed by atoms with E-state index in [1.165, 1.54) is 6.20 Å². The molecule has 4 aromatic heterocycles. The molecule has 1 unspecified atom stereocenters. The van der Waals surface area contributed by atoms with Crippen LogP contribution in [0, 0.1) is 0 Å². The number of fused-ring (bicyclic) bond motifs is 2. The van der Waals surface area contributed by atoms with Crippen molar-refractivity contribution < 1.29 is 9.53 Å². The Bertz CT molecular complexity index is 1850. The second-order valence-electron chi connectivity index (χ2n) is 9.68. The number of carbonyl (C=O) groups is 1. The molecule has 12 heteroatoms. The number of aryl methyl sites for hydroxylation is 1. The Balaban J connectivity index is 1.18. The van der Waals surface area contributed by atoms with Gasteiger partial charge in [0.05, 0.1) is 29.0 Å². The van der Waals surface area contributed by atoms with Crippen LogP contribution in [0.3, 0.4) is 0 Å². The largest absolute Gasteiger partial charge is 0.356 e. The van der Waals surface area contributed by atoms with Gasteiger partial charge in [0.2, 0.25) is 5.95 Å². The zero-order valence-corrected chi connectivity index (χ0v) is 21.7. The fourth-order valence-electron chi connectivity index (χ4n) is 4.99. The number of ether oxygens (including phenoxy) is 1. The van der Waals surface area contributed by atoms with Gasteiger partial charge in [0.1, 0.15) is 0 Å². The smallest absolute Gasteiger partial charge is 0.261 e. The molecule has 6 aromatic rings. The number of nitrogens with one attached hydrogen (secondary N) is 2. The molecule has 0 aliphatic carbocycles. The van der Waals surface area contributed by atoms with Crippen molar-refractivity contribution in [1.29, 1.82) is 0 Å². The van der Waals surface area contributed by atoms with Gasteiger partial charge in [-0.3, -0.25) is 14.8 Å². The summed E-state index contributed by atoms with van der Waals surface area (Å²) >= 11 is 0. The van der Waals surface area contributed by atoms with Gasteiger partial charge in [0, 0.05) is 48.6 Å². The lowest BCUT2D eigenvalue weighted by molar-refractivity contribution is -0.0366. The molecule has 0 bridgehead atoms. The average molecular weight is 535 g/mol.